The molecule has 1 aliphatic rings. The molecule has 2 aromatic rings. The van der Waals surface area contributed by atoms with Crippen molar-refractivity contribution in [3.63, 3.8) is 0 Å². The predicted molar refractivity (Wildman–Crippen MR) is 106 cm³/mol. The van der Waals surface area contributed by atoms with Crippen LogP contribution in [0.15, 0.2) is 48.5 Å². The van der Waals surface area contributed by atoms with E-state index in [9.17, 15) is 9.59 Å². The number of ether oxygens (including phenoxy) is 1. The van der Waals surface area contributed by atoms with E-state index in [1.807, 2.05) is 47.4 Å². The maximum Gasteiger partial charge on any atom is 0.255 e. The van der Waals surface area contributed by atoms with Gasteiger partial charge >= 0.3 is 0 Å². The second-order valence-electron chi connectivity index (χ2n) is 6.60. The molecule has 1 aliphatic heterocycles. The lowest BCUT2D eigenvalue weighted by molar-refractivity contribution is -0.129. The molecule has 1 heterocycles. The summed E-state index contributed by atoms with van der Waals surface area (Å²) in [6, 6.07) is 15.2. The zero-order valence-corrected chi connectivity index (χ0v) is 15.8. The third-order valence-corrected chi connectivity index (χ3v) is 4.72. The van der Waals surface area contributed by atoms with E-state index in [4.69, 9.17) is 4.74 Å². The fourth-order valence-electron chi connectivity index (χ4n) is 3.28. The SMILES string of the molecule is COCc1cccc(C(=O)Nc2ccccc2N2CCN(C(C)=O)CC2)c1. The fourth-order valence-corrected chi connectivity index (χ4v) is 3.28. The summed E-state index contributed by atoms with van der Waals surface area (Å²) in [5.74, 6) is -0.0463. The third kappa shape index (κ3) is 4.65. The van der Waals surface area contributed by atoms with Crippen molar-refractivity contribution in [1.82, 2.24) is 4.90 Å². The van der Waals surface area contributed by atoms with E-state index in [0.29, 0.717) is 25.3 Å². The Balaban J connectivity index is 1.74. The van der Waals surface area contributed by atoms with Crippen LogP contribution in [0.4, 0.5) is 11.4 Å². The van der Waals surface area contributed by atoms with Crippen LogP contribution in [-0.2, 0) is 16.1 Å². The Morgan fingerprint density at radius 1 is 1.04 bits per heavy atom. The van der Waals surface area contributed by atoms with Gasteiger partial charge in [0.25, 0.3) is 5.91 Å². The monoisotopic (exact) mass is 367 g/mol. The van der Waals surface area contributed by atoms with Crippen LogP contribution in [0, 0.1) is 0 Å². The average molecular weight is 367 g/mol. The largest absolute Gasteiger partial charge is 0.380 e. The number of carbonyl (C=O) groups is 2. The molecule has 0 spiro atoms. The van der Waals surface area contributed by atoms with Gasteiger partial charge in [-0.05, 0) is 29.8 Å². The molecule has 142 valence electrons. The first-order chi connectivity index (χ1) is 13.1. The van der Waals surface area contributed by atoms with E-state index in [1.165, 1.54) is 0 Å². The number of hydrogen-bond donors (Lipinski definition) is 1. The van der Waals surface area contributed by atoms with Crippen LogP contribution < -0.4 is 10.2 Å². The minimum absolute atomic E-state index is 0.104. The molecule has 0 atom stereocenters. The van der Waals surface area contributed by atoms with E-state index in [-0.39, 0.29) is 11.8 Å². The zero-order valence-electron chi connectivity index (χ0n) is 15.8. The van der Waals surface area contributed by atoms with Gasteiger partial charge in [0.2, 0.25) is 5.91 Å². The number of para-hydroxylation sites is 2. The van der Waals surface area contributed by atoms with Crippen LogP contribution >= 0.6 is 0 Å². The summed E-state index contributed by atoms with van der Waals surface area (Å²) in [6.45, 7) is 4.94. The number of hydrogen-bond acceptors (Lipinski definition) is 4. The van der Waals surface area contributed by atoms with Gasteiger partial charge in [0.15, 0.2) is 0 Å². The molecular weight excluding hydrogens is 342 g/mol. The summed E-state index contributed by atoms with van der Waals surface area (Å²) in [6.07, 6.45) is 0. The molecule has 6 nitrogen and oxygen atoms in total. The molecule has 0 radical (unpaired) electrons. The number of benzene rings is 2. The number of amides is 2. The smallest absolute Gasteiger partial charge is 0.255 e. The molecule has 6 heteroatoms. The number of methoxy groups -OCH3 is 1. The Kier molecular flexibility index (Phi) is 6.08. The van der Waals surface area contributed by atoms with Crippen LogP contribution in [0.2, 0.25) is 0 Å². The van der Waals surface area contributed by atoms with Gasteiger partial charge in [0, 0.05) is 45.8 Å². The van der Waals surface area contributed by atoms with Crippen LogP contribution in [0.25, 0.3) is 0 Å². The minimum atomic E-state index is -0.150. The lowest BCUT2D eigenvalue weighted by Crippen LogP contribution is -2.48. The quantitative estimate of drug-likeness (QED) is 0.883. The van der Waals surface area contributed by atoms with Gasteiger partial charge in [-0.1, -0.05) is 24.3 Å². The van der Waals surface area contributed by atoms with Gasteiger partial charge in [-0.3, -0.25) is 9.59 Å². The maximum atomic E-state index is 12.7. The van der Waals surface area contributed by atoms with Gasteiger partial charge in [-0.25, -0.2) is 0 Å². The Morgan fingerprint density at radius 3 is 2.48 bits per heavy atom. The third-order valence-electron chi connectivity index (χ3n) is 4.72. The van der Waals surface area contributed by atoms with E-state index in [1.54, 1.807) is 20.1 Å². The number of nitrogens with one attached hydrogen (secondary N) is 1. The molecule has 3 rings (SSSR count). The first-order valence-corrected chi connectivity index (χ1v) is 9.07. The maximum absolute atomic E-state index is 12.7. The molecule has 0 aromatic heterocycles. The van der Waals surface area contributed by atoms with Crippen LogP contribution in [0.5, 0.6) is 0 Å². The highest BCUT2D eigenvalue weighted by Crippen LogP contribution is 2.27. The minimum Gasteiger partial charge on any atom is -0.380 e. The molecule has 2 aromatic carbocycles. The molecule has 2 amide bonds. The van der Waals surface area contributed by atoms with E-state index in [0.717, 1.165) is 30.0 Å². The predicted octanol–water partition coefficient (Wildman–Crippen LogP) is 2.75. The Bertz CT molecular complexity index is 814. The van der Waals surface area contributed by atoms with E-state index in [2.05, 4.69) is 10.2 Å². The summed E-state index contributed by atoms with van der Waals surface area (Å²) in [5.41, 5.74) is 3.30. The Labute approximate surface area is 159 Å². The summed E-state index contributed by atoms with van der Waals surface area (Å²) in [5, 5.41) is 3.03. The van der Waals surface area contributed by atoms with Crippen molar-refractivity contribution in [3.8, 4) is 0 Å². The number of piperazine rings is 1. The topological polar surface area (TPSA) is 61.9 Å². The van der Waals surface area contributed by atoms with Crippen LogP contribution in [0.1, 0.15) is 22.8 Å². The molecular formula is C21H25N3O3. The standard InChI is InChI=1S/C21H25N3O3/c1-16(25)23-10-12-24(13-11-23)20-9-4-3-8-19(20)22-21(26)18-7-5-6-17(14-18)15-27-2/h3-9,14H,10-13,15H2,1-2H3,(H,22,26). The lowest BCUT2D eigenvalue weighted by Gasteiger charge is -2.36. The summed E-state index contributed by atoms with van der Waals surface area (Å²) < 4.78 is 5.14. The molecule has 0 saturated carbocycles. The highest BCUT2D eigenvalue weighted by atomic mass is 16.5. The Hall–Kier alpha value is -2.86. The van der Waals surface area contributed by atoms with Crippen molar-refractivity contribution in [2.75, 3.05) is 43.5 Å². The van der Waals surface area contributed by atoms with Crippen LogP contribution in [-0.4, -0.2) is 50.0 Å². The van der Waals surface area contributed by atoms with Gasteiger partial charge in [-0.2, -0.15) is 0 Å². The van der Waals surface area contributed by atoms with Gasteiger partial charge in [0.1, 0.15) is 0 Å². The normalized spacial score (nSPS) is 14.1. The van der Waals surface area contributed by atoms with E-state index >= 15 is 0 Å². The fraction of sp³-hybridized carbons (Fsp3) is 0.333. The summed E-state index contributed by atoms with van der Waals surface area (Å²) in [7, 11) is 1.63. The van der Waals surface area contributed by atoms with Crippen molar-refractivity contribution in [3.05, 3.63) is 59.7 Å². The van der Waals surface area contributed by atoms with Crippen molar-refractivity contribution in [2.45, 2.75) is 13.5 Å². The molecule has 0 aliphatic carbocycles. The van der Waals surface area contributed by atoms with Crippen molar-refractivity contribution in [2.24, 2.45) is 0 Å². The average Bonchev–Trinajstić information content (AvgIpc) is 2.69. The van der Waals surface area contributed by atoms with Crippen molar-refractivity contribution >= 4 is 23.2 Å². The van der Waals surface area contributed by atoms with Crippen molar-refractivity contribution < 1.29 is 14.3 Å². The molecule has 1 saturated heterocycles. The molecule has 0 bridgehead atoms. The zero-order chi connectivity index (χ0) is 19.2. The second kappa shape index (κ2) is 8.68. The number of anilines is 2. The van der Waals surface area contributed by atoms with Gasteiger partial charge < -0.3 is 19.9 Å². The Morgan fingerprint density at radius 2 is 1.78 bits per heavy atom. The summed E-state index contributed by atoms with van der Waals surface area (Å²) >= 11 is 0. The molecule has 1 fully saturated rings. The van der Waals surface area contributed by atoms with Crippen LogP contribution in [0.3, 0.4) is 0 Å². The molecule has 1 N–H and O–H groups in total. The van der Waals surface area contributed by atoms with Gasteiger partial charge in [0.05, 0.1) is 18.0 Å². The first-order valence-electron chi connectivity index (χ1n) is 9.07. The lowest BCUT2D eigenvalue weighted by atomic mass is 10.1. The van der Waals surface area contributed by atoms with Gasteiger partial charge in [-0.15, -0.1) is 0 Å². The number of carbonyl (C=O) groups excluding carboxylic acids is 2. The summed E-state index contributed by atoms with van der Waals surface area (Å²) in [4.78, 5) is 28.3. The first kappa shape index (κ1) is 18.9. The van der Waals surface area contributed by atoms with Crippen molar-refractivity contribution in [1.29, 1.82) is 0 Å². The highest BCUT2D eigenvalue weighted by molar-refractivity contribution is 6.06. The number of rotatable bonds is 5. The number of nitrogens with zero attached hydrogens (tertiary/aromatic N) is 2. The second-order valence-corrected chi connectivity index (χ2v) is 6.60. The molecule has 0 unspecified atom stereocenters. The molecule has 27 heavy (non-hydrogen) atoms. The highest BCUT2D eigenvalue weighted by Gasteiger charge is 2.21. The van der Waals surface area contributed by atoms with E-state index < -0.39 is 0 Å².